The van der Waals surface area contributed by atoms with Gasteiger partial charge in [0.15, 0.2) is 0 Å². The van der Waals surface area contributed by atoms with Gasteiger partial charge in [0, 0.05) is 28.5 Å². The molecule has 2 rings (SSSR count). The van der Waals surface area contributed by atoms with Crippen molar-refractivity contribution in [3.05, 3.63) is 39.3 Å². The molecule has 2 aromatic heterocycles. The summed E-state index contributed by atoms with van der Waals surface area (Å²) in [6.07, 6.45) is 1.14. The number of hydrogen-bond donors (Lipinski definition) is 2. The second-order valence-corrected chi connectivity index (χ2v) is 6.37. The summed E-state index contributed by atoms with van der Waals surface area (Å²) in [6, 6.07) is 5.98. The molecular weight excluding hydrogens is 286 g/mol. The lowest BCUT2D eigenvalue weighted by Gasteiger charge is -2.05. The third kappa shape index (κ3) is 4.99. The first-order valence-corrected chi connectivity index (χ1v) is 7.87. The topological polar surface area (TPSA) is 67.2 Å². The zero-order valence-corrected chi connectivity index (χ0v) is 13.2. The molecule has 0 bridgehead atoms. The van der Waals surface area contributed by atoms with Gasteiger partial charge in [-0.1, -0.05) is 0 Å². The Morgan fingerprint density at radius 1 is 1.38 bits per heavy atom. The van der Waals surface area contributed by atoms with Gasteiger partial charge < -0.3 is 10.4 Å². The van der Waals surface area contributed by atoms with Gasteiger partial charge in [0.1, 0.15) is 0 Å². The molecule has 0 aliphatic heterocycles. The van der Waals surface area contributed by atoms with Gasteiger partial charge in [0.2, 0.25) is 0 Å². The first kappa shape index (κ1) is 15.7. The number of hydrogen-bond acceptors (Lipinski definition) is 4. The van der Waals surface area contributed by atoms with Crippen molar-refractivity contribution in [3.8, 4) is 0 Å². The van der Waals surface area contributed by atoms with Crippen molar-refractivity contribution >= 4 is 17.3 Å². The van der Waals surface area contributed by atoms with Crippen LogP contribution in [0.25, 0.3) is 0 Å². The molecule has 21 heavy (non-hydrogen) atoms. The lowest BCUT2D eigenvalue weighted by Crippen LogP contribution is -2.16. The molecular formula is C15H21N3O2S. The summed E-state index contributed by atoms with van der Waals surface area (Å²) in [4.78, 5) is 12.7. The Hall–Kier alpha value is -1.66. The highest BCUT2D eigenvalue weighted by atomic mass is 32.1. The molecule has 2 N–H and O–H groups in total. The number of aliphatic carboxylic acids is 1. The summed E-state index contributed by atoms with van der Waals surface area (Å²) in [5.74, 6) is -0.777. The van der Waals surface area contributed by atoms with Gasteiger partial charge in [-0.25, -0.2) is 0 Å². The maximum Gasteiger partial charge on any atom is 0.308 e. The number of carboxylic acid groups (broad SMARTS) is 1. The third-order valence-electron chi connectivity index (χ3n) is 3.17. The summed E-state index contributed by atoms with van der Waals surface area (Å²) in [5, 5.41) is 16.6. The maximum atomic E-state index is 10.6. The Balaban J connectivity index is 1.66. The van der Waals surface area contributed by atoms with Crippen molar-refractivity contribution < 1.29 is 9.90 Å². The lowest BCUT2D eigenvalue weighted by atomic mass is 10.3. The van der Waals surface area contributed by atoms with E-state index in [4.69, 9.17) is 5.11 Å². The van der Waals surface area contributed by atoms with Crippen LogP contribution in [0.2, 0.25) is 0 Å². The molecule has 2 aromatic rings. The predicted molar refractivity (Wildman–Crippen MR) is 83.7 cm³/mol. The number of nitrogens with one attached hydrogen (secondary N) is 1. The molecule has 5 nitrogen and oxygen atoms in total. The van der Waals surface area contributed by atoms with Crippen molar-refractivity contribution in [3.63, 3.8) is 0 Å². The fourth-order valence-electron chi connectivity index (χ4n) is 2.23. The van der Waals surface area contributed by atoms with E-state index < -0.39 is 5.97 Å². The standard InChI is InChI=1S/C15H21N3O2S/c1-11-8-12(2)18(17-11)7-3-6-16-10-14-5-4-13(21-14)9-15(19)20/h4-5,8,16H,3,6-7,9-10H2,1-2H3,(H,19,20). The number of thiophene rings is 1. The second-order valence-electron chi connectivity index (χ2n) is 5.12. The largest absolute Gasteiger partial charge is 0.481 e. The van der Waals surface area contributed by atoms with Crippen LogP contribution in [0.4, 0.5) is 0 Å². The molecule has 2 heterocycles. The fraction of sp³-hybridized carbons (Fsp3) is 0.467. The molecule has 0 saturated carbocycles. The molecule has 0 aliphatic rings. The SMILES string of the molecule is Cc1cc(C)n(CCCNCc2ccc(CC(=O)O)s2)n1. The van der Waals surface area contributed by atoms with Crippen LogP contribution in [0.5, 0.6) is 0 Å². The van der Waals surface area contributed by atoms with Crippen LogP contribution in [0, 0.1) is 13.8 Å². The van der Waals surface area contributed by atoms with Gasteiger partial charge >= 0.3 is 5.97 Å². The van der Waals surface area contributed by atoms with Crippen LogP contribution in [-0.4, -0.2) is 27.4 Å². The van der Waals surface area contributed by atoms with Gasteiger partial charge in [-0.2, -0.15) is 5.10 Å². The Bertz CT molecular complexity index is 604. The molecule has 0 fully saturated rings. The average molecular weight is 307 g/mol. The summed E-state index contributed by atoms with van der Waals surface area (Å²) in [5.41, 5.74) is 2.26. The molecule has 0 spiro atoms. The minimum atomic E-state index is -0.777. The van der Waals surface area contributed by atoms with E-state index in [1.54, 1.807) is 11.3 Å². The first-order chi connectivity index (χ1) is 10.0. The molecule has 6 heteroatoms. The molecule has 0 radical (unpaired) electrons. The smallest absolute Gasteiger partial charge is 0.308 e. The third-order valence-corrected chi connectivity index (χ3v) is 4.25. The predicted octanol–water partition coefficient (Wildman–Crippen LogP) is 2.37. The van der Waals surface area contributed by atoms with E-state index in [0.29, 0.717) is 0 Å². The number of nitrogens with zero attached hydrogens (tertiary/aromatic N) is 2. The molecule has 0 saturated heterocycles. The number of rotatable bonds is 8. The normalized spacial score (nSPS) is 11.0. The van der Waals surface area contributed by atoms with E-state index >= 15 is 0 Å². The van der Waals surface area contributed by atoms with E-state index in [9.17, 15) is 4.79 Å². The molecule has 0 unspecified atom stereocenters. The Morgan fingerprint density at radius 3 is 2.81 bits per heavy atom. The van der Waals surface area contributed by atoms with Crippen LogP contribution in [-0.2, 0) is 24.3 Å². The van der Waals surface area contributed by atoms with E-state index in [2.05, 4.69) is 23.4 Å². The van der Waals surface area contributed by atoms with Gasteiger partial charge in [0.25, 0.3) is 0 Å². The highest BCUT2D eigenvalue weighted by molar-refractivity contribution is 7.12. The van der Waals surface area contributed by atoms with E-state index in [0.717, 1.165) is 36.6 Å². The van der Waals surface area contributed by atoms with E-state index in [1.807, 2.05) is 23.7 Å². The summed E-state index contributed by atoms with van der Waals surface area (Å²) in [7, 11) is 0. The van der Waals surface area contributed by atoms with Crippen molar-refractivity contribution in [2.24, 2.45) is 0 Å². The highest BCUT2D eigenvalue weighted by Crippen LogP contribution is 2.16. The summed E-state index contributed by atoms with van der Waals surface area (Å²) >= 11 is 1.56. The van der Waals surface area contributed by atoms with Crippen molar-refractivity contribution in [2.75, 3.05) is 6.54 Å². The Kier molecular flexibility index (Phi) is 5.52. The minimum absolute atomic E-state index is 0.114. The Morgan fingerprint density at radius 2 is 2.14 bits per heavy atom. The molecule has 0 aliphatic carbocycles. The van der Waals surface area contributed by atoms with E-state index in [-0.39, 0.29) is 6.42 Å². The monoisotopic (exact) mass is 307 g/mol. The Labute approximate surface area is 128 Å². The van der Waals surface area contributed by atoms with Crippen LogP contribution in [0.3, 0.4) is 0 Å². The maximum absolute atomic E-state index is 10.6. The highest BCUT2D eigenvalue weighted by Gasteiger charge is 2.04. The molecule has 114 valence electrons. The summed E-state index contributed by atoms with van der Waals surface area (Å²) < 4.78 is 2.03. The number of carboxylic acids is 1. The zero-order chi connectivity index (χ0) is 15.2. The molecule has 0 aromatic carbocycles. The molecule has 0 amide bonds. The average Bonchev–Trinajstić information content (AvgIpc) is 2.95. The van der Waals surface area contributed by atoms with Crippen LogP contribution < -0.4 is 5.32 Å². The van der Waals surface area contributed by atoms with Gasteiger partial charge in [-0.15, -0.1) is 11.3 Å². The fourth-order valence-corrected chi connectivity index (χ4v) is 3.21. The van der Waals surface area contributed by atoms with Gasteiger partial charge in [-0.05, 0) is 45.0 Å². The van der Waals surface area contributed by atoms with Crippen LogP contribution >= 0.6 is 11.3 Å². The van der Waals surface area contributed by atoms with Gasteiger partial charge in [0.05, 0.1) is 12.1 Å². The second kappa shape index (κ2) is 7.38. The van der Waals surface area contributed by atoms with Crippen molar-refractivity contribution in [2.45, 2.75) is 39.8 Å². The number of aryl methyl sites for hydroxylation is 3. The first-order valence-electron chi connectivity index (χ1n) is 7.06. The van der Waals surface area contributed by atoms with Gasteiger partial charge in [-0.3, -0.25) is 9.48 Å². The number of aromatic nitrogens is 2. The van der Waals surface area contributed by atoms with Crippen LogP contribution in [0.15, 0.2) is 18.2 Å². The zero-order valence-electron chi connectivity index (χ0n) is 12.4. The molecule has 0 atom stereocenters. The summed E-state index contributed by atoms with van der Waals surface area (Å²) in [6.45, 7) is 6.71. The van der Waals surface area contributed by atoms with Crippen molar-refractivity contribution in [1.82, 2.24) is 15.1 Å². The van der Waals surface area contributed by atoms with E-state index in [1.165, 1.54) is 10.6 Å². The quantitative estimate of drug-likeness (QED) is 0.735. The van der Waals surface area contributed by atoms with Crippen LogP contribution in [0.1, 0.15) is 27.6 Å². The van der Waals surface area contributed by atoms with Crippen molar-refractivity contribution in [1.29, 1.82) is 0 Å². The number of carbonyl (C=O) groups is 1. The minimum Gasteiger partial charge on any atom is -0.481 e. The lowest BCUT2D eigenvalue weighted by molar-refractivity contribution is -0.136.